The van der Waals surface area contributed by atoms with E-state index in [1.54, 1.807) is 41.1 Å². The summed E-state index contributed by atoms with van der Waals surface area (Å²) in [6.07, 6.45) is 2.84. The quantitative estimate of drug-likeness (QED) is 0.858. The van der Waals surface area contributed by atoms with Crippen molar-refractivity contribution in [1.29, 1.82) is 0 Å². The number of anilines is 1. The van der Waals surface area contributed by atoms with E-state index < -0.39 is 0 Å². The minimum atomic E-state index is -0.195. The van der Waals surface area contributed by atoms with Gasteiger partial charge < -0.3 is 14.8 Å². The van der Waals surface area contributed by atoms with E-state index in [0.29, 0.717) is 24.3 Å². The van der Waals surface area contributed by atoms with E-state index >= 15 is 0 Å². The summed E-state index contributed by atoms with van der Waals surface area (Å²) in [6, 6.07) is 10.3. The van der Waals surface area contributed by atoms with Crippen molar-refractivity contribution in [3.8, 4) is 0 Å². The van der Waals surface area contributed by atoms with Gasteiger partial charge in [-0.05, 0) is 42.7 Å². The van der Waals surface area contributed by atoms with E-state index in [-0.39, 0.29) is 17.4 Å². The number of nitrogens with zero attached hydrogens (tertiary/aromatic N) is 2. The Morgan fingerprint density at radius 2 is 2.04 bits per heavy atom. The number of carbonyl (C=O) groups excluding carboxylic acids is 2. The monoisotopic (exact) mass is 351 g/mol. The van der Waals surface area contributed by atoms with Gasteiger partial charge in [0.25, 0.3) is 5.91 Å². The van der Waals surface area contributed by atoms with E-state index in [0.717, 1.165) is 24.1 Å². The molecule has 2 aromatic rings. The SMILES string of the molecule is C=CC(=O)N1CCCc2c(C(=O)N(C)Cc3cccc(=O)[nH]3)cccc21. The molecule has 134 valence electrons. The van der Waals surface area contributed by atoms with Gasteiger partial charge in [-0.3, -0.25) is 14.4 Å². The molecule has 0 atom stereocenters. The number of amides is 2. The molecule has 6 heteroatoms. The van der Waals surface area contributed by atoms with Crippen LogP contribution in [0.1, 0.15) is 28.0 Å². The number of hydrogen-bond acceptors (Lipinski definition) is 3. The standard InChI is InChI=1S/C20H21N3O3/c1-3-19(25)23-12-6-9-15-16(8-5-10-17(15)23)20(26)22(2)13-14-7-4-11-18(24)21-14/h3-5,7-8,10-11H,1,6,9,12-13H2,2H3,(H,21,24). The van der Waals surface area contributed by atoms with Gasteiger partial charge in [0.2, 0.25) is 11.5 Å². The fourth-order valence-corrected chi connectivity index (χ4v) is 3.28. The van der Waals surface area contributed by atoms with Crippen LogP contribution < -0.4 is 10.5 Å². The third kappa shape index (κ3) is 3.44. The van der Waals surface area contributed by atoms with Crippen LogP contribution in [0.5, 0.6) is 0 Å². The zero-order valence-electron chi connectivity index (χ0n) is 14.7. The fraction of sp³-hybridized carbons (Fsp3) is 0.250. The van der Waals surface area contributed by atoms with Crippen LogP contribution in [0.25, 0.3) is 0 Å². The van der Waals surface area contributed by atoms with Gasteiger partial charge in [-0.25, -0.2) is 0 Å². The van der Waals surface area contributed by atoms with Crippen molar-refractivity contribution in [3.05, 3.63) is 76.2 Å². The third-order valence-electron chi connectivity index (χ3n) is 4.50. The van der Waals surface area contributed by atoms with Gasteiger partial charge in [0.1, 0.15) is 0 Å². The second kappa shape index (κ2) is 7.39. The highest BCUT2D eigenvalue weighted by atomic mass is 16.2. The first-order valence-electron chi connectivity index (χ1n) is 8.50. The Morgan fingerprint density at radius 1 is 1.27 bits per heavy atom. The normalized spacial score (nSPS) is 13.0. The number of benzene rings is 1. The maximum absolute atomic E-state index is 13.0. The molecule has 0 spiro atoms. The number of rotatable bonds is 4. The van der Waals surface area contributed by atoms with Crippen LogP contribution in [0.4, 0.5) is 5.69 Å². The highest BCUT2D eigenvalue weighted by Gasteiger charge is 2.26. The lowest BCUT2D eigenvalue weighted by molar-refractivity contribution is -0.114. The molecule has 0 saturated heterocycles. The number of fused-ring (bicyclic) bond motifs is 1. The van der Waals surface area contributed by atoms with Crippen LogP contribution in [0.3, 0.4) is 0 Å². The smallest absolute Gasteiger partial charge is 0.254 e. The highest BCUT2D eigenvalue weighted by molar-refractivity contribution is 6.04. The fourth-order valence-electron chi connectivity index (χ4n) is 3.28. The molecule has 26 heavy (non-hydrogen) atoms. The molecule has 0 aliphatic carbocycles. The maximum atomic E-state index is 13.0. The lowest BCUT2D eigenvalue weighted by Gasteiger charge is -2.30. The highest BCUT2D eigenvalue weighted by Crippen LogP contribution is 2.30. The van der Waals surface area contributed by atoms with E-state index in [4.69, 9.17) is 0 Å². The molecule has 1 aromatic carbocycles. The summed E-state index contributed by atoms with van der Waals surface area (Å²) in [7, 11) is 1.70. The van der Waals surface area contributed by atoms with Gasteiger partial charge in [0, 0.05) is 36.6 Å². The minimum Gasteiger partial charge on any atom is -0.336 e. The van der Waals surface area contributed by atoms with Crippen LogP contribution in [0, 0.1) is 0 Å². The molecule has 3 rings (SSSR count). The molecular formula is C20H21N3O3. The Hall–Kier alpha value is -3.15. The molecule has 6 nitrogen and oxygen atoms in total. The summed E-state index contributed by atoms with van der Waals surface area (Å²) in [5.74, 6) is -0.301. The molecule has 0 fully saturated rings. The molecule has 1 N–H and O–H groups in total. The maximum Gasteiger partial charge on any atom is 0.254 e. The summed E-state index contributed by atoms with van der Waals surface area (Å²) in [5, 5.41) is 0. The summed E-state index contributed by atoms with van der Waals surface area (Å²) in [6.45, 7) is 4.47. The average molecular weight is 351 g/mol. The number of nitrogens with one attached hydrogen (secondary N) is 1. The number of pyridine rings is 1. The molecule has 1 aromatic heterocycles. The Balaban J connectivity index is 1.89. The van der Waals surface area contributed by atoms with Gasteiger partial charge in [0.15, 0.2) is 0 Å². The molecule has 2 heterocycles. The topological polar surface area (TPSA) is 73.5 Å². The lowest BCUT2D eigenvalue weighted by atomic mass is 9.95. The van der Waals surface area contributed by atoms with E-state index in [1.165, 1.54) is 12.1 Å². The van der Waals surface area contributed by atoms with E-state index in [2.05, 4.69) is 11.6 Å². The van der Waals surface area contributed by atoms with E-state index in [9.17, 15) is 14.4 Å². The second-order valence-corrected chi connectivity index (χ2v) is 6.30. The minimum absolute atomic E-state index is 0.139. The molecule has 0 radical (unpaired) electrons. The second-order valence-electron chi connectivity index (χ2n) is 6.30. The van der Waals surface area contributed by atoms with Crippen molar-refractivity contribution >= 4 is 17.5 Å². The summed E-state index contributed by atoms with van der Waals surface area (Å²) in [5.41, 5.74) is 2.71. The molecule has 0 saturated carbocycles. The first kappa shape index (κ1) is 17.7. The van der Waals surface area contributed by atoms with Crippen LogP contribution in [-0.2, 0) is 17.8 Å². The van der Waals surface area contributed by atoms with Crippen molar-refractivity contribution in [3.63, 3.8) is 0 Å². The van der Waals surface area contributed by atoms with Crippen molar-refractivity contribution in [2.45, 2.75) is 19.4 Å². The number of hydrogen-bond donors (Lipinski definition) is 1. The first-order chi connectivity index (χ1) is 12.5. The Morgan fingerprint density at radius 3 is 2.77 bits per heavy atom. The van der Waals surface area contributed by atoms with Gasteiger partial charge in [-0.2, -0.15) is 0 Å². The van der Waals surface area contributed by atoms with Crippen molar-refractivity contribution < 1.29 is 9.59 Å². The molecule has 1 aliphatic rings. The Kier molecular flexibility index (Phi) is 5.02. The number of carbonyl (C=O) groups is 2. The van der Waals surface area contributed by atoms with Crippen LogP contribution in [0.2, 0.25) is 0 Å². The van der Waals surface area contributed by atoms with Crippen molar-refractivity contribution in [2.24, 2.45) is 0 Å². The van der Waals surface area contributed by atoms with Gasteiger partial charge >= 0.3 is 0 Å². The molecular weight excluding hydrogens is 330 g/mol. The molecule has 0 bridgehead atoms. The molecule has 1 aliphatic heterocycles. The summed E-state index contributed by atoms with van der Waals surface area (Å²) < 4.78 is 0. The third-order valence-corrected chi connectivity index (χ3v) is 4.50. The Bertz CT molecular complexity index is 917. The van der Waals surface area contributed by atoms with Gasteiger partial charge in [0.05, 0.1) is 6.54 Å². The predicted molar refractivity (Wildman–Crippen MR) is 100 cm³/mol. The van der Waals surface area contributed by atoms with Gasteiger partial charge in [-0.15, -0.1) is 0 Å². The average Bonchev–Trinajstić information content (AvgIpc) is 2.65. The van der Waals surface area contributed by atoms with Crippen molar-refractivity contribution in [1.82, 2.24) is 9.88 Å². The first-order valence-corrected chi connectivity index (χ1v) is 8.50. The van der Waals surface area contributed by atoms with Crippen LogP contribution >= 0.6 is 0 Å². The van der Waals surface area contributed by atoms with Crippen LogP contribution in [0.15, 0.2) is 53.8 Å². The predicted octanol–water partition coefficient (Wildman–Crippen LogP) is 2.11. The number of aromatic amines is 1. The summed E-state index contributed by atoms with van der Waals surface area (Å²) >= 11 is 0. The van der Waals surface area contributed by atoms with Gasteiger partial charge in [-0.1, -0.05) is 18.7 Å². The zero-order chi connectivity index (χ0) is 18.7. The van der Waals surface area contributed by atoms with Crippen molar-refractivity contribution in [2.75, 3.05) is 18.5 Å². The summed E-state index contributed by atoms with van der Waals surface area (Å²) in [4.78, 5) is 42.4. The lowest BCUT2D eigenvalue weighted by Crippen LogP contribution is -2.36. The number of H-pyrrole nitrogens is 1. The van der Waals surface area contributed by atoms with E-state index in [1.807, 2.05) is 6.07 Å². The Labute approximate surface area is 151 Å². The largest absolute Gasteiger partial charge is 0.336 e. The zero-order valence-corrected chi connectivity index (χ0v) is 14.7. The molecule has 2 amide bonds. The molecule has 0 unspecified atom stereocenters. The van der Waals surface area contributed by atoms with Crippen LogP contribution in [-0.4, -0.2) is 35.3 Å². The number of aromatic nitrogens is 1.